The highest BCUT2D eigenvalue weighted by atomic mass is 16.5. The Morgan fingerprint density at radius 3 is 2.01 bits per heavy atom. The highest BCUT2D eigenvalue weighted by molar-refractivity contribution is 6.40. The molecular formula is C65H67N2O6+. The summed E-state index contributed by atoms with van der Waals surface area (Å²) in [6.07, 6.45) is 14.9. The van der Waals surface area contributed by atoms with Crippen LogP contribution in [0.5, 0.6) is 11.5 Å². The molecule has 1 aliphatic heterocycles. The van der Waals surface area contributed by atoms with Gasteiger partial charge in [0.25, 0.3) is 0 Å². The predicted octanol–water partition coefficient (Wildman–Crippen LogP) is 8.68. The molecule has 1 aromatic heterocycles. The molecule has 3 aliphatic carbocycles. The van der Waals surface area contributed by atoms with Crippen LogP contribution in [0.15, 0.2) is 173 Å². The summed E-state index contributed by atoms with van der Waals surface area (Å²) < 4.78 is 18.4. The second-order valence-corrected chi connectivity index (χ2v) is 21.1. The molecule has 5 aromatic carbocycles. The molecule has 0 saturated heterocycles. The second-order valence-electron chi connectivity index (χ2n) is 21.1. The van der Waals surface area contributed by atoms with Gasteiger partial charge in [-0.05, 0) is 132 Å². The van der Waals surface area contributed by atoms with E-state index in [1.807, 2.05) is 48.5 Å². The normalized spacial score (nSPS) is 18.2. The molecule has 0 spiro atoms. The van der Waals surface area contributed by atoms with Gasteiger partial charge in [0.15, 0.2) is 11.6 Å². The van der Waals surface area contributed by atoms with Crippen molar-refractivity contribution < 1.29 is 33.9 Å². The van der Waals surface area contributed by atoms with E-state index in [1.54, 1.807) is 14.2 Å². The third-order valence-electron chi connectivity index (χ3n) is 15.5. The Morgan fingerprint density at radius 2 is 1.33 bits per heavy atom. The molecule has 1 fully saturated rings. The average molecular weight is 972 g/mol. The first-order valence-corrected chi connectivity index (χ1v) is 26.0. The van der Waals surface area contributed by atoms with Crippen LogP contribution in [0.25, 0.3) is 28.6 Å². The van der Waals surface area contributed by atoms with Crippen molar-refractivity contribution in [1.29, 1.82) is 0 Å². The number of aromatic amines is 1. The molecule has 0 amide bonds. The maximum atomic E-state index is 14.9. The molecule has 0 unspecified atom stereocenters. The van der Waals surface area contributed by atoms with Gasteiger partial charge in [0.1, 0.15) is 23.0 Å². The number of benzene rings is 5. The molecule has 372 valence electrons. The monoisotopic (exact) mass is 971 g/mol. The fourth-order valence-electron chi connectivity index (χ4n) is 11.8. The maximum absolute atomic E-state index is 14.9. The Hall–Kier alpha value is -7.13. The largest absolute Gasteiger partial charge is 0.497 e. The van der Waals surface area contributed by atoms with Crippen LogP contribution in [0.1, 0.15) is 95.8 Å². The van der Waals surface area contributed by atoms with Crippen LogP contribution in [-0.4, -0.2) is 49.1 Å². The molecule has 4 aliphatic rings. The van der Waals surface area contributed by atoms with Crippen molar-refractivity contribution in [3.63, 3.8) is 0 Å². The van der Waals surface area contributed by atoms with Gasteiger partial charge in [0.05, 0.1) is 30.6 Å². The highest BCUT2D eigenvalue weighted by Crippen LogP contribution is 2.48. The summed E-state index contributed by atoms with van der Waals surface area (Å²) in [5, 5.41) is 15.1. The molecule has 3 N–H and O–H groups in total. The number of methoxy groups -OCH3 is 2. The zero-order chi connectivity index (χ0) is 50.9. The van der Waals surface area contributed by atoms with Crippen molar-refractivity contribution >= 4 is 40.2 Å². The number of aliphatic hydroxyl groups excluding tert-OH is 1. The van der Waals surface area contributed by atoms with Gasteiger partial charge in [-0.25, -0.2) is 4.99 Å². The standard InChI is InChI=1S/C65H66N2O6/c1-63(2)40-57-51(47-22-14-16-26-55(47)66-57)38-53(63)49(24-12-8-18-36-68)60-61(69)52(62(60)70)39-54-48(59-50-25-15-17-27-56(50)67-58(59)41-64(54,3)4)23-13-9-19-37-73-65(42-20-10-7-11-21-42,43-28-32-45(71-5)33-29-43)44-30-34-46(72-6)35-31-44/h7,10-11,14-17,20-22,25-35,38-41,60,66,68H,8-9,12-13,18-19,23-24,36-37H2,1-6H3/p+1/b52-39?,53-49+. The van der Waals surface area contributed by atoms with Crippen molar-refractivity contribution in [1.82, 2.24) is 4.98 Å². The first-order chi connectivity index (χ1) is 35.4. The van der Waals surface area contributed by atoms with Crippen LogP contribution in [-0.2, 0) is 19.9 Å². The molecule has 0 bridgehead atoms. The van der Waals surface area contributed by atoms with Gasteiger partial charge in [0.2, 0.25) is 11.1 Å². The first kappa shape index (κ1) is 49.4. The number of allylic oxidation sites excluding steroid dienone is 7. The second kappa shape index (κ2) is 20.4. The van der Waals surface area contributed by atoms with Crippen molar-refractivity contribution in [3.05, 3.63) is 211 Å². The summed E-state index contributed by atoms with van der Waals surface area (Å²) in [5.41, 5.74) is 8.87. The van der Waals surface area contributed by atoms with Crippen molar-refractivity contribution in [2.45, 2.75) is 84.7 Å². The first-order valence-electron chi connectivity index (χ1n) is 26.0. The Morgan fingerprint density at radius 1 is 0.699 bits per heavy atom. The van der Waals surface area contributed by atoms with Gasteiger partial charge < -0.3 is 24.3 Å². The van der Waals surface area contributed by atoms with Gasteiger partial charge in [-0.2, -0.15) is 0 Å². The van der Waals surface area contributed by atoms with Crippen LogP contribution < -0.4 is 35.6 Å². The average Bonchev–Trinajstić information content (AvgIpc) is 3.95. The topological polar surface area (TPSA) is 112 Å². The zero-order valence-corrected chi connectivity index (χ0v) is 43.1. The number of para-hydroxylation sites is 2. The minimum Gasteiger partial charge on any atom is -0.497 e. The van der Waals surface area contributed by atoms with Gasteiger partial charge in [-0.3, -0.25) is 9.59 Å². The number of hydrogen-bond acceptors (Lipinski definition) is 6. The van der Waals surface area contributed by atoms with E-state index in [1.165, 1.54) is 5.57 Å². The fourth-order valence-corrected chi connectivity index (χ4v) is 11.8. The number of Topliss-reactive ketones (excluding diaryl/α,β-unsaturated/α-hetero) is 2. The summed E-state index contributed by atoms with van der Waals surface area (Å²) >= 11 is 0. The van der Waals surface area contributed by atoms with Crippen LogP contribution in [0.3, 0.4) is 0 Å². The number of nitrogens with one attached hydrogen (secondary N) is 2. The Balaban J connectivity index is 0.970. The highest BCUT2D eigenvalue weighted by Gasteiger charge is 2.49. The predicted molar refractivity (Wildman–Crippen MR) is 289 cm³/mol. The van der Waals surface area contributed by atoms with E-state index in [2.05, 4.69) is 141 Å². The van der Waals surface area contributed by atoms with Crippen LogP contribution in [0, 0.1) is 16.7 Å². The third kappa shape index (κ3) is 9.21. The summed E-state index contributed by atoms with van der Waals surface area (Å²) in [4.78, 5) is 37.1. The van der Waals surface area contributed by atoms with Gasteiger partial charge in [-0.1, -0.05) is 132 Å². The number of ether oxygens (including phenoxy) is 3. The third-order valence-corrected chi connectivity index (χ3v) is 15.5. The molecule has 0 radical (unpaired) electrons. The SMILES string of the molecule is COc1ccc(C(OCCCCCC2=C(C=C3C(=O)C(/C(CCCCCO)=C4\C=c5c([nH]c6ccccc56)=CC4(C)C)C3=O)C(C)(C)C=C3[NH+]=c4ccccc4=C32)(c2ccccc2)c2ccc(OC)cc2)cc1. The lowest BCUT2D eigenvalue weighted by Crippen LogP contribution is -2.74. The number of H-pyrrole nitrogens is 1. The summed E-state index contributed by atoms with van der Waals surface area (Å²) in [5.74, 6) is 0.493. The van der Waals surface area contributed by atoms with Crippen LogP contribution >= 0.6 is 0 Å². The molecule has 2 heterocycles. The van der Waals surface area contributed by atoms with Gasteiger partial charge >= 0.3 is 0 Å². The number of fused-ring (bicyclic) bond motifs is 5. The van der Waals surface area contributed by atoms with Crippen molar-refractivity contribution in [2.75, 3.05) is 27.4 Å². The lowest BCUT2D eigenvalue weighted by Gasteiger charge is -2.36. The summed E-state index contributed by atoms with van der Waals surface area (Å²) in [7, 11) is 3.36. The molecule has 1 saturated carbocycles. The summed E-state index contributed by atoms with van der Waals surface area (Å²) in [6, 6.07) is 43.4. The van der Waals surface area contributed by atoms with Crippen molar-refractivity contribution in [3.8, 4) is 11.5 Å². The molecule has 73 heavy (non-hydrogen) atoms. The summed E-state index contributed by atoms with van der Waals surface area (Å²) in [6.45, 7) is 9.35. The molecule has 6 aromatic rings. The molecule has 8 nitrogen and oxygen atoms in total. The number of carbonyl (C=O) groups excluding carboxylic acids is 2. The maximum Gasteiger partial charge on any atom is 0.212 e. The Bertz CT molecular complexity index is 3430. The molecule has 0 atom stereocenters. The van der Waals surface area contributed by atoms with E-state index in [4.69, 9.17) is 14.2 Å². The van der Waals surface area contributed by atoms with E-state index in [9.17, 15) is 14.7 Å². The number of hydrogen-bond donors (Lipinski definition) is 3. The number of carbonyl (C=O) groups is 2. The van der Waals surface area contributed by atoms with E-state index in [0.29, 0.717) is 19.4 Å². The van der Waals surface area contributed by atoms with Crippen molar-refractivity contribution in [2.24, 2.45) is 16.7 Å². The number of rotatable bonds is 19. The lowest BCUT2D eigenvalue weighted by molar-refractivity contribution is -0.433. The minimum absolute atomic E-state index is 0.108. The molecule has 8 heteroatoms. The Kier molecular flexibility index (Phi) is 13.8. The van der Waals surface area contributed by atoms with E-state index in [-0.39, 0.29) is 23.7 Å². The van der Waals surface area contributed by atoms with E-state index in [0.717, 1.165) is 127 Å². The minimum atomic E-state index is -0.902. The van der Waals surface area contributed by atoms with Gasteiger partial charge in [-0.15, -0.1) is 0 Å². The fraction of sp³-hybridized carbons (Fsp3) is 0.308. The van der Waals surface area contributed by atoms with E-state index >= 15 is 0 Å². The lowest BCUT2D eigenvalue weighted by atomic mass is 9.64. The molecule has 10 rings (SSSR count). The smallest absolute Gasteiger partial charge is 0.212 e. The van der Waals surface area contributed by atoms with Crippen LogP contribution in [0.4, 0.5) is 0 Å². The number of ketones is 2. The number of unbranched alkanes of at least 4 members (excludes halogenated alkanes) is 4. The number of aromatic nitrogens is 1. The number of aliphatic hydroxyl groups is 1. The van der Waals surface area contributed by atoms with Crippen LogP contribution in [0.2, 0.25) is 0 Å². The van der Waals surface area contributed by atoms with E-state index < -0.39 is 22.3 Å². The molecular weight excluding hydrogens is 905 g/mol. The quantitative estimate of drug-likeness (QED) is 0.0247. The zero-order valence-electron chi connectivity index (χ0n) is 43.1. The van der Waals surface area contributed by atoms with Gasteiger partial charge in [0, 0.05) is 51.6 Å². The Labute approximate surface area is 428 Å².